The Bertz CT molecular complexity index is 1960. The first kappa shape index (κ1) is 47.2. The topological polar surface area (TPSA) is 196 Å². The van der Waals surface area contributed by atoms with Crippen molar-refractivity contribution in [1.29, 1.82) is 5.26 Å². The van der Waals surface area contributed by atoms with Gasteiger partial charge >= 0.3 is 0 Å². The Morgan fingerprint density at radius 1 is 0.781 bits per heavy atom. The van der Waals surface area contributed by atoms with E-state index in [-0.39, 0.29) is 12.1 Å². The van der Waals surface area contributed by atoms with E-state index in [1.54, 1.807) is 36.6 Å². The highest BCUT2D eigenvalue weighted by Gasteiger charge is 2.42. The summed E-state index contributed by atoms with van der Waals surface area (Å²) in [7, 11) is 1.65. The van der Waals surface area contributed by atoms with Crippen molar-refractivity contribution in [2.75, 3.05) is 105 Å². The maximum Gasteiger partial charge on any atom is 0.256 e. The molecule has 2 bridgehead atoms. The molecule has 0 spiro atoms. The van der Waals surface area contributed by atoms with E-state index in [2.05, 4.69) is 41.0 Å². The molecule has 348 valence electrons. The summed E-state index contributed by atoms with van der Waals surface area (Å²) in [6.07, 6.45) is 15.9. The molecular weight excluding hydrogens is 825 g/mol. The molecule has 2 aliphatic heterocycles. The fourth-order valence-electron chi connectivity index (χ4n) is 8.48. The summed E-state index contributed by atoms with van der Waals surface area (Å²) in [5.41, 5.74) is 2.74. The molecule has 3 atom stereocenters. The second kappa shape index (κ2) is 25.6. The van der Waals surface area contributed by atoms with Gasteiger partial charge in [0.15, 0.2) is 0 Å². The van der Waals surface area contributed by atoms with E-state index in [0.717, 1.165) is 50.0 Å². The predicted molar refractivity (Wildman–Crippen MR) is 235 cm³/mol. The normalized spacial score (nSPS) is 20.3. The molecule has 1 N–H and O–H groups in total. The Morgan fingerprint density at radius 3 is 2.03 bits per heavy atom. The van der Waals surface area contributed by atoms with Gasteiger partial charge in [-0.3, -0.25) is 9.58 Å². The van der Waals surface area contributed by atoms with Crippen LogP contribution in [0, 0.1) is 11.3 Å². The Morgan fingerprint density at radius 2 is 1.41 bits per heavy atom. The van der Waals surface area contributed by atoms with E-state index in [1.165, 1.54) is 19.2 Å². The zero-order valence-corrected chi connectivity index (χ0v) is 37.3. The average molecular weight is 889 g/mol. The van der Waals surface area contributed by atoms with Gasteiger partial charge in [-0.05, 0) is 63.1 Å². The van der Waals surface area contributed by atoms with Crippen molar-refractivity contribution in [2.45, 2.75) is 88.7 Å². The smallest absolute Gasteiger partial charge is 0.256 e. The third kappa shape index (κ3) is 14.1. The molecule has 3 fully saturated rings. The average Bonchev–Trinajstić information content (AvgIpc) is 4.04. The summed E-state index contributed by atoms with van der Waals surface area (Å²) in [5, 5.41) is 22.3. The molecule has 5 heterocycles. The Labute approximate surface area is 375 Å². The maximum absolute atomic E-state index is 9.77. The number of ether oxygens (including phenoxy) is 9. The van der Waals surface area contributed by atoms with Crippen molar-refractivity contribution in [2.24, 2.45) is 0 Å². The highest BCUT2D eigenvalue weighted by molar-refractivity contribution is 5.67. The molecular formula is C45H64N10O9. The second-order valence-electron chi connectivity index (χ2n) is 16.2. The lowest BCUT2D eigenvalue weighted by molar-refractivity contribution is -0.0458. The molecule has 64 heavy (non-hydrogen) atoms. The number of fused-ring (bicyclic) bond motifs is 2. The molecule has 4 aromatic rings. The number of rotatable bonds is 29. The highest BCUT2D eigenvalue weighted by atomic mass is 16.6. The number of aromatic nitrogens is 7. The van der Waals surface area contributed by atoms with Gasteiger partial charge in [0.1, 0.15) is 36.3 Å². The fraction of sp³-hybridized carbons (Fsp3) is 0.644. The molecule has 0 radical (unpaired) electrons. The van der Waals surface area contributed by atoms with Gasteiger partial charge in [-0.15, -0.1) is 5.10 Å². The lowest BCUT2D eigenvalue weighted by atomic mass is 9.89. The minimum absolute atomic E-state index is 0.247. The van der Waals surface area contributed by atoms with Crippen molar-refractivity contribution >= 4 is 11.6 Å². The minimum atomic E-state index is -0.247. The summed E-state index contributed by atoms with van der Waals surface area (Å²) >= 11 is 0. The van der Waals surface area contributed by atoms with Gasteiger partial charge in [0.25, 0.3) is 5.88 Å². The Hall–Kier alpha value is -4.78. The molecule has 3 aromatic heterocycles. The van der Waals surface area contributed by atoms with Gasteiger partial charge in [0.05, 0.1) is 110 Å². The molecule has 7 rings (SSSR count). The first-order valence-electron chi connectivity index (χ1n) is 22.7. The van der Waals surface area contributed by atoms with Crippen LogP contribution in [0.5, 0.6) is 11.6 Å². The van der Waals surface area contributed by atoms with Crippen molar-refractivity contribution < 1.29 is 42.6 Å². The summed E-state index contributed by atoms with van der Waals surface area (Å²) < 4.78 is 54.8. The lowest BCUT2D eigenvalue weighted by Gasteiger charge is -2.43. The number of nitriles is 1. The number of methoxy groups -OCH3 is 1. The first-order chi connectivity index (χ1) is 31.6. The summed E-state index contributed by atoms with van der Waals surface area (Å²) in [6, 6.07) is 9.67. The maximum atomic E-state index is 9.77. The molecule has 1 aromatic carbocycles. The molecule has 1 aliphatic carbocycles. The zero-order valence-electron chi connectivity index (χ0n) is 37.3. The molecule has 2 saturated heterocycles. The summed E-state index contributed by atoms with van der Waals surface area (Å²) in [5.74, 6) is 1.39. The van der Waals surface area contributed by atoms with Gasteiger partial charge in [-0.2, -0.15) is 10.4 Å². The van der Waals surface area contributed by atoms with E-state index < -0.39 is 0 Å². The van der Waals surface area contributed by atoms with Crippen LogP contribution in [0.15, 0.2) is 49.4 Å². The van der Waals surface area contributed by atoms with E-state index >= 15 is 0 Å². The SMILES string of the molecule is COCCOCCOCCOCCOCCOCCCOc1nn([C@H]2CC[C@H](N3[C@@H]4CC[C@H]3COC4)CC2)cc1Nc1ncc(-c2ccc(C#N)c(O[C@@H](C)Cn3cncn3)c2)cn1. The zero-order chi connectivity index (χ0) is 44.2. The second-order valence-corrected chi connectivity index (χ2v) is 16.2. The number of nitrogens with one attached hydrogen (secondary N) is 1. The first-order valence-corrected chi connectivity index (χ1v) is 22.7. The Kier molecular flexibility index (Phi) is 18.9. The van der Waals surface area contributed by atoms with Gasteiger partial charge in [0.2, 0.25) is 5.95 Å². The predicted octanol–water partition coefficient (Wildman–Crippen LogP) is 4.86. The van der Waals surface area contributed by atoms with Crippen LogP contribution in [0.4, 0.5) is 11.6 Å². The van der Waals surface area contributed by atoms with Crippen molar-refractivity contribution in [3.05, 3.63) is 55.0 Å². The van der Waals surface area contributed by atoms with E-state index in [9.17, 15) is 5.26 Å². The highest BCUT2D eigenvalue weighted by Crippen LogP contribution is 2.39. The van der Waals surface area contributed by atoms with Crippen molar-refractivity contribution in [3.63, 3.8) is 0 Å². The number of morpholine rings is 1. The number of benzene rings is 1. The minimum Gasteiger partial charge on any atom is -0.487 e. The van der Waals surface area contributed by atoms with Gasteiger partial charge in [-0.25, -0.2) is 19.6 Å². The number of anilines is 2. The third-order valence-electron chi connectivity index (χ3n) is 11.6. The summed E-state index contributed by atoms with van der Waals surface area (Å²) in [4.78, 5) is 16.1. The molecule has 1 saturated carbocycles. The number of nitrogens with zero attached hydrogens (tertiary/aromatic N) is 9. The van der Waals surface area contributed by atoms with Gasteiger partial charge in [0, 0.05) is 56.2 Å². The molecule has 3 aliphatic rings. The van der Waals surface area contributed by atoms with Gasteiger partial charge in [-0.1, -0.05) is 6.07 Å². The van der Waals surface area contributed by atoms with Crippen LogP contribution in [0.1, 0.15) is 63.5 Å². The van der Waals surface area contributed by atoms with Gasteiger partial charge < -0.3 is 47.9 Å². The van der Waals surface area contributed by atoms with Crippen LogP contribution in [0.2, 0.25) is 0 Å². The third-order valence-corrected chi connectivity index (χ3v) is 11.6. The molecule has 0 amide bonds. The quantitative estimate of drug-likeness (QED) is 0.0725. The monoisotopic (exact) mass is 888 g/mol. The van der Waals surface area contributed by atoms with Crippen LogP contribution in [0.3, 0.4) is 0 Å². The lowest BCUT2D eigenvalue weighted by Crippen LogP contribution is -2.52. The fourth-order valence-corrected chi connectivity index (χ4v) is 8.48. The largest absolute Gasteiger partial charge is 0.487 e. The van der Waals surface area contributed by atoms with Crippen molar-refractivity contribution in [3.8, 4) is 28.8 Å². The number of hydrogen-bond donors (Lipinski definition) is 1. The molecule has 19 nitrogen and oxygen atoms in total. The van der Waals surface area contributed by atoms with Crippen LogP contribution in [0.25, 0.3) is 11.1 Å². The van der Waals surface area contributed by atoms with E-state index in [1.807, 2.05) is 25.3 Å². The van der Waals surface area contributed by atoms with Crippen LogP contribution in [-0.4, -0.2) is 163 Å². The molecule has 0 unspecified atom stereocenters. The molecule has 19 heteroatoms. The van der Waals surface area contributed by atoms with E-state index in [4.69, 9.17) is 47.7 Å². The summed E-state index contributed by atoms with van der Waals surface area (Å²) in [6.45, 7) is 10.3. The van der Waals surface area contributed by atoms with E-state index in [0.29, 0.717) is 139 Å². The van der Waals surface area contributed by atoms with Crippen LogP contribution in [-0.2, 0) is 39.7 Å². The van der Waals surface area contributed by atoms with Crippen LogP contribution >= 0.6 is 0 Å². The van der Waals surface area contributed by atoms with Crippen LogP contribution < -0.4 is 14.8 Å². The Balaban J connectivity index is 0.881. The number of hydrogen-bond acceptors (Lipinski definition) is 17. The standard InChI is InChI=1S/C45H64N10O9/c1-34(28-53-33-47-32-50-53)64-43-24-35(4-5-36(43)25-46)37-26-48-45(49-27-37)51-42-29-54(38-6-8-39(9-7-38)55-40-10-11-41(55)31-62-30-40)52-44(42)63-13-3-12-57-16-17-59-20-21-61-23-22-60-19-18-58-15-14-56-2/h4-5,24,26-27,29,32-34,38-41H,3,6-23,28,30-31H2,1-2H3,(H,48,49,51)/t34-,38-,39-,40-,41+/m0/s1. The van der Waals surface area contributed by atoms with Crippen molar-refractivity contribution in [1.82, 2.24) is 39.4 Å².